The number of rotatable bonds is 6. The fraction of sp³-hybridized carbons (Fsp3) is 0.0233. The normalized spacial score (nSPS) is 12.6. The molecule has 9 rings (SSSR count). The lowest BCUT2D eigenvalue weighted by Crippen LogP contribution is -1.98. The fourth-order valence-electron chi connectivity index (χ4n) is 6.72. The number of ether oxygens (including phenoxy) is 1. The third-order valence-electron chi connectivity index (χ3n) is 8.91. The number of imidazole rings is 1. The average Bonchev–Trinajstić information content (AvgIpc) is 3.72. The van der Waals surface area contributed by atoms with E-state index in [1.165, 1.54) is 4.57 Å². The van der Waals surface area contributed by atoms with Crippen molar-refractivity contribution in [1.29, 1.82) is 0 Å². The third kappa shape index (κ3) is 4.72. The van der Waals surface area contributed by atoms with Gasteiger partial charge in [-0.3, -0.25) is 4.57 Å². The second-order valence-corrected chi connectivity index (χ2v) is 11.8. The minimum absolute atomic E-state index is 0.628. The molecule has 0 fully saturated rings. The van der Waals surface area contributed by atoms with Gasteiger partial charge in [0, 0.05) is 58.4 Å². The third-order valence-corrected chi connectivity index (χ3v) is 8.91. The van der Waals surface area contributed by atoms with E-state index in [0.29, 0.717) is 17.0 Å². The minimum atomic E-state index is -2.31. The average molecular weight is 623 g/mol. The smallest absolute Gasteiger partial charge is 0.191 e. The molecular weight excluding hydrogens is 589 g/mol. The SMILES string of the molecule is [2H]C([2H])([2H])n1[cH+]n(-c2cccc(Oc3ccc4c5ccccc5n(-c5cc(-c6ccccc6-c6ccccc6)ccn5)c4c3)c2)c2ccccc21. The summed E-state index contributed by atoms with van der Waals surface area (Å²) in [5, 5.41) is 2.22. The van der Waals surface area contributed by atoms with Crippen LogP contribution < -0.4 is 4.74 Å². The number of hydrogen-bond acceptors (Lipinski definition) is 2. The quantitative estimate of drug-likeness (QED) is 0.173. The van der Waals surface area contributed by atoms with E-state index < -0.39 is 6.98 Å². The van der Waals surface area contributed by atoms with Crippen molar-refractivity contribution in [2.24, 2.45) is 6.98 Å². The summed E-state index contributed by atoms with van der Waals surface area (Å²) in [6.07, 6.45) is 3.50. The molecule has 0 unspecified atom stereocenters. The van der Waals surface area contributed by atoms with E-state index in [2.05, 4.69) is 102 Å². The summed E-state index contributed by atoms with van der Waals surface area (Å²) in [6, 6.07) is 52.8. The van der Waals surface area contributed by atoms with Crippen LogP contribution in [0.1, 0.15) is 4.11 Å². The molecule has 0 aliphatic carbocycles. The standard InChI is InChI=1S/C43H31N4O/c1-45-29-46(41-21-10-9-20-40(41)45)32-14-11-15-33(27-32)48-34-22-23-38-37-18-7-8-19-39(37)47(42(38)28-34)43-26-31(24-25-44-43)36-17-6-5-16-35(36)30-12-3-2-4-13-30/h2-29H,1H3/q+1/i1D3. The maximum atomic E-state index is 8.06. The van der Waals surface area contributed by atoms with Crippen LogP contribution in [0.25, 0.3) is 66.6 Å². The first-order valence-corrected chi connectivity index (χ1v) is 15.9. The zero-order valence-electron chi connectivity index (χ0n) is 28.9. The lowest BCUT2D eigenvalue weighted by atomic mass is 9.95. The second kappa shape index (κ2) is 11.4. The van der Waals surface area contributed by atoms with Crippen LogP contribution in [0.3, 0.4) is 0 Å². The van der Waals surface area contributed by atoms with Crippen LogP contribution in [0.2, 0.25) is 0 Å². The van der Waals surface area contributed by atoms with Crippen molar-refractivity contribution >= 4 is 32.8 Å². The molecule has 5 nitrogen and oxygen atoms in total. The molecule has 0 aliphatic rings. The van der Waals surface area contributed by atoms with Crippen LogP contribution >= 0.6 is 0 Å². The molecular formula is C43H31N4O+. The molecule has 0 bridgehead atoms. The van der Waals surface area contributed by atoms with Crippen molar-refractivity contribution in [1.82, 2.24) is 18.7 Å². The van der Waals surface area contributed by atoms with Crippen LogP contribution in [0.15, 0.2) is 170 Å². The Hall–Kier alpha value is -6.46. The van der Waals surface area contributed by atoms with Gasteiger partial charge in [-0.25, -0.2) is 9.55 Å². The van der Waals surface area contributed by atoms with E-state index >= 15 is 0 Å². The number of aryl methyl sites for hydroxylation is 1. The highest BCUT2D eigenvalue weighted by molar-refractivity contribution is 6.09. The van der Waals surface area contributed by atoms with Crippen LogP contribution in [0, 0.1) is 0 Å². The Morgan fingerprint density at radius 2 is 1.27 bits per heavy atom. The molecule has 3 heterocycles. The molecule has 0 spiro atoms. The van der Waals surface area contributed by atoms with Gasteiger partial charge in [0.25, 0.3) is 0 Å². The molecule has 0 radical (unpaired) electrons. The molecule has 6 aromatic carbocycles. The first kappa shape index (κ1) is 24.7. The number of nitrogens with zero attached hydrogens (tertiary/aromatic N) is 4. The van der Waals surface area contributed by atoms with E-state index in [1.54, 1.807) is 6.33 Å². The number of pyridine rings is 1. The Labute approximate surface area is 282 Å². The Morgan fingerprint density at radius 1 is 0.562 bits per heavy atom. The Morgan fingerprint density at radius 3 is 2.12 bits per heavy atom. The zero-order valence-corrected chi connectivity index (χ0v) is 25.9. The molecule has 3 aromatic heterocycles. The maximum absolute atomic E-state index is 8.06. The largest absolute Gasteiger partial charge is 0.456 e. The monoisotopic (exact) mass is 622 g/mol. The number of aromatic nitrogens is 4. The lowest BCUT2D eigenvalue weighted by Gasteiger charge is -2.13. The van der Waals surface area contributed by atoms with Crippen molar-refractivity contribution in [2.75, 3.05) is 0 Å². The van der Waals surface area contributed by atoms with E-state index in [4.69, 9.17) is 13.8 Å². The number of hydrogen-bond donors (Lipinski definition) is 0. The summed E-state index contributed by atoms with van der Waals surface area (Å²) in [4.78, 5) is 4.89. The summed E-state index contributed by atoms with van der Waals surface area (Å²) < 4.78 is 36.1. The summed E-state index contributed by atoms with van der Waals surface area (Å²) in [5.41, 5.74) is 8.77. The maximum Gasteiger partial charge on any atom is 0.191 e. The molecule has 0 atom stereocenters. The summed E-state index contributed by atoms with van der Waals surface area (Å²) >= 11 is 0. The predicted octanol–water partition coefficient (Wildman–Crippen LogP) is 10.9. The highest BCUT2D eigenvalue weighted by Crippen LogP contribution is 2.37. The topological polar surface area (TPSA) is 36.9 Å². The van der Waals surface area contributed by atoms with Gasteiger partial charge in [0.2, 0.25) is 0 Å². The van der Waals surface area contributed by atoms with Gasteiger partial charge in [-0.15, -0.1) is 0 Å². The molecule has 0 saturated carbocycles. The molecule has 48 heavy (non-hydrogen) atoms. The molecule has 9 aromatic rings. The van der Waals surface area contributed by atoms with Gasteiger partial charge in [-0.2, -0.15) is 4.57 Å². The number of para-hydroxylation sites is 3. The number of fused-ring (bicyclic) bond motifs is 4. The molecule has 0 saturated heterocycles. The van der Waals surface area contributed by atoms with Gasteiger partial charge in [-0.05, 0) is 76.9 Å². The summed E-state index contributed by atoms with van der Waals surface area (Å²) in [6.45, 7) is -2.31. The predicted molar refractivity (Wildman–Crippen MR) is 196 cm³/mol. The lowest BCUT2D eigenvalue weighted by molar-refractivity contribution is 0.483. The summed E-state index contributed by atoms with van der Waals surface area (Å²) in [5.74, 6) is 2.11. The minimum Gasteiger partial charge on any atom is -0.456 e. The molecule has 0 N–H and O–H groups in total. The number of benzene rings is 6. The first-order chi connectivity index (χ1) is 24.9. The van der Waals surface area contributed by atoms with E-state index in [0.717, 1.165) is 61.1 Å². The van der Waals surface area contributed by atoms with Gasteiger partial charge >= 0.3 is 0 Å². The molecule has 5 heteroatoms. The van der Waals surface area contributed by atoms with Crippen molar-refractivity contribution in [2.45, 2.75) is 0 Å². The fourth-order valence-corrected chi connectivity index (χ4v) is 6.72. The van der Waals surface area contributed by atoms with Gasteiger partial charge in [-0.1, -0.05) is 72.8 Å². The highest BCUT2D eigenvalue weighted by atomic mass is 16.5. The molecule has 228 valence electrons. The Balaban J connectivity index is 1.13. The van der Waals surface area contributed by atoms with E-state index in [9.17, 15) is 0 Å². The molecule has 0 amide bonds. The van der Waals surface area contributed by atoms with Gasteiger partial charge in [0.15, 0.2) is 17.4 Å². The second-order valence-electron chi connectivity index (χ2n) is 11.8. The van der Waals surface area contributed by atoms with Crippen molar-refractivity contribution in [3.8, 4) is 45.3 Å². The zero-order chi connectivity index (χ0) is 34.5. The highest BCUT2D eigenvalue weighted by Gasteiger charge is 2.17. The first-order valence-electron chi connectivity index (χ1n) is 17.4. The Bertz CT molecular complexity index is 2730. The van der Waals surface area contributed by atoms with Crippen LogP contribution in [-0.2, 0) is 6.98 Å². The van der Waals surface area contributed by atoms with Gasteiger partial charge in [0.05, 0.1) is 11.0 Å². The van der Waals surface area contributed by atoms with Crippen LogP contribution in [0.5, 0.6) is 11.5 Å². The molecule has 0 aliphatic heterocycles. The van der Waals surface area contributed by atoms with Crippen molar-refractivity contribution in [3.05, 3.63) is 170 Å². The van der Waals surface area contributed by atoms with E-state index in [-0.39, 0.29) is 0 Å². The summed E-state index contributed by atoms with van der Waals surface area (Å²) in [7, 11) is 0. The Kier molecular flexibility index (Phi) is 5.88. The van der Waals surface area contributed by atoms with Crippen molar-refractivity contribution in [3.63, 3.8) is 0 Å². The van der Waals surface area contributed by atoms with E-state index in [1.807, 2.05) is 71.4 Å². The van der Waals surface area contributed by atoms with Crippen LogP contribution in [-0.4, -0.2) is 18.7 Å². The van der Waals surface area contributed by atoms with Crippen molar-refractivity contribution < 1.29 is 8.85 Å². The van der Waals surface area contributed by atoms with Gasteiger partial charge < -0.3 is 4.74 Å². The van der Waals surface area contributed by atoms with Gasteiger partial charge in [0.1, 0.15) is 23.0 Å². The van der Waals surface area contributed by atoms with Crippen LogP contribution in [0.4, 0.5) is 0 Å².